The third kappa shape index (κ3) is 3.50. The Morgan fingerprint density at radius 2 is 2.00 bits per heavy atom. The van der Waals surface area contributed by atoms with Crippen molar-refractivity contribution in [1.29, 1.82) is 0 Å². The number of rotatable bonds is 2. The van der Waals surface area contributed by atoms with Crippen LogP contribution in [0.15, 0.2) is 0 Å². The second kappa shape index (κ2) is 5.61. The van der Waals surface area contributed by atoms with Crippen LogP contribution in [0.5, 0.6) is 0 Å². The van der Waals surface area contributed by atoms with Gasteiger partial charge >= 0.3 is 0 Å². The molecule has 0 aliphatic carbocycles. The van der Waals surface area contributed by atoms with Crippen LogP contribution in [0.1, 0.15) is 26.7 Å². The summed E-state index contributed by atoms with van der Waals surface area (Å²) in [6, 6.07) is 1.03. The van der Waals surface area contributed by atoms with Gasteiger partial charge in [-0.2, -0.15) is 0 Å². The summed E-state index contributed by atoms with van der Waals surface area (Å²) >= 11 is 1.26. The van der Waals surface area contributed by atoms with Gasteiger partial charge in [-0.3, -0.25) is 4.79 Å². The van der Waals surface area contributed by atoms with Crippen LogP contribution in [0.4, 0.5) is 4.79 Å². The minimum atomic E-state index is 0.105. The van der Waals surface area contributed by atoms with Gasteiger partial charge in [0, 0.05) is 25.2 Å². The summed E-state index contributed by atoms with van der Waals surface area (Å²) < 4.78 is 0. The Hall–Kier alpha value is -0.220. The van der Waals surface area contributed by atoms with Crippen molar-refractivity contribution in [3.63, 3.8) is 0 Å². The Morgan fingerprint density at radius 3 is 2.43 bits per heavy atom. The van der Waals surface area contributed by atoms with E-state index in [1.807, 2.05) is 6.26 Å². The SMILES string of the molecule is CSC(=O)NC1CCN(C(C)C)CC1. The first-order valence-electron chi connectivity index (χ1n) is 5.22. The third-order valence-electron chi connectivity index (χ3n) is 2.77. The van der Waals surface area contributed by atoms with Gasteiger partial charge in [0.05, 0.1) is 0 Å². The molecule has 1 fully saturated rings. The van der Waals surface area contributed by atoms with Crippen LogP contribution in [-0.4, -0.2) is 41.6 Å². The van der Waals surface area contributed by atoms with Crippen LogP contribution < -0.4 is 5.32 Å². The Morgan fingerprint density at radius 1 is 1.43 bits per heavy atom. The first-order chi connectivity index (χ1) is 6.63. The van der Waals surface area contributed by atoms with Crippen molar-refractivity contribution in [2.24, 2.45) is 0 Å². The number of amides is 1. The molecule has 0 unspecified atom stereocenters. The van der Waals surface area contributed by atoms with Gasteiger partial charge in [-0.1, -0.05) is 11.8 Å². The second-order valence-electron chi connectivity index (χ2n) is 4.04. The minimum Gasteiger partial charge on any atom is -0.344 e. The van der Waals surface area contributed by atoms with E-state index in [0.717, 1.165) is 25.9 Å². The molecule has 0 radical (unpaired) electrons. The third-order valence-corrected chi connectivity index (χ3v) is 3.26. The van der Waals surface area contributed by atoms with Crippen LogP contribution in [0, 0.1) is 0 Å². The van der Waals surface area contributed by atoms with Crippen LogP contribution in [0.2, 0.25) is 0 Å². The summed E-state index contributed by atoms with van der Waals surface area (Å²) in [5.41, 5.74) is 0. The number of nitrogens with zero attached hydrogens (tertiary/aromatic N) is 1. The Balaban J connectivity index is 2.25. The van der Waals surface area contributed by atoms with E-state index >= 15 is 0 Å². The number of hydrogen-bond donors (Lipinski definition) is 1. The monoisotopic (exact) mass is 216 g/mol. The Bertz CT molecular complexity index is 189. The number of carbonyl (C=O) groups is 1. The molecule has 1 saturated heterocycles. The van der Waals surface area contributed by atoms with Crippen molar-refractivity contribution in [3.8, 4) is 0 Å². The van der Waals surface area contributed by atoms with E-state index in [0.29, 0.717) is 12.1 Å². The highest BCUT2D eigenvalue weighted by atomic mass is 32.2. The highest BCUT2D eigenvalue weighted by Crippen LogP contribution is 2.13. The Kier molecular flexibility index (Phi) is 4.75. The summed E-state index contributed by atoms with van der Waals surface area (Å²) in [6.45, 7) is 6.66. The fourth-order valence-electron chi connectivity index (χ4n) is 1.79. The maximum atomic E-state index is 11.1. The first-order valence-corrected chi connectivity index (χ1v) is 6.44. The number of thioether (sulfide) groups is 1. The van der Waals surface area contributed by atoms with Crippen molar-refractivity contribution in [3.05, 3.63) is 0 Å². The van der Waals surface area contributed by atoms with E-state index in [2.05, 4.69) is 24.1 Å². The molecule has 1 aliphatic rings. The van der Waals surface area contributed by atoms with E-state index in [4.69, 9.17) is 0 Å². The van der Waals surface area contributed by atoms with Gasteiger partial charge in [-0.25, -0.2) is 0 Å². The molecular weight excluding hydrogens is 196 g/mol. The first kappa shape index (κ1) is 11.9. The zero-order valence-corrected chi connectivity index (χ0v) is 10.1. The largest absolute Gasteiger partial charge is 0.344 e. The fourth-order valence-corrected chi connectivity index (χ4v) is 2.07. The molecule has 1 N–H and O–H groups in total. The quantitative estimate of drug-likeness (QED) is 0.765. The number of piperidine rings is 1. The highest BCUT2D eigenvalue weighted by Gasteiger charge is 2.21. The molecule has 0 atom stereocenters. The molecule has 3 nitrogen and oxygen atoms in total. The molecule has 14 heavy (non-hydrogen) atoms. The van der Waals surface area contributed by atoms with Gasteiger partial charge < -0.3 is 10.2 Å². The minimum absolute atomic E-state index is 0.105. The summed E-state index contributed by atoms with van der Waals surface area (Å²) in [5.74, 6) is 0. The normalized spacial score (nSPS) is 20.0. The van der Waals surface area contributed by atoms with Gasteiger partial charge in [0.1, 0.15) is 0 Å². The predicted octanol–water partition coefficient (Wildman–Crippen LogP) is 1.93. The smallest absolute Gasteiger partial charge is 0.278 e. The zero-order chi connectivity index (χ0) is 10.6. The molecule has 0 aromatic carbocycles. The predicted molar refractivity (Wildman–Crippen MR) is 61.8 cm³/mol. The Labute approximate surface area is 90.6 Å². The van der Waals surface area contributed by atoms with Gasteiger partial charge in [0.15, 0.2) is 0 Å². The van der Waals surface area contributed by atoms with Crippen molar-refractivity contribution < 1.29 is 4.79 Å². The number of carbonyl (C=O) groups excluding carboxylic acids is 1. The van der Waals surface area contributed by atoms with E-state index in [-0.39, 0.29) is 5.24 Å². The van der Waals surface area contributed by atoms with Gasteiger partial charge in [0.25, 0.3) is 5.24 Å². The lowest BCUT2D eigenvalue weighted by atomic mass is 10.0. The van der Waals surface area contributed by atoms with Gasteiger partial charge in [-0.05, 0) is 32.9 Å². The molecule has 0 aromatic rings. The van der Waals surface area contributed by atoms with Crippen molar-refractivity contribution >= 4 is 17.0 Å². The fraction of sp³-hybridized carbons (Fsp3) is 0.900. The lowest BCUT2D eigenvalue weighted by Crippen LogP contribution is -2.45. The molecule has 0 spiro atoms. The maximum Gasteiger partial charge on any atom is 0.278 e. The molecular formula is C10H20N2OS. The average Bonchev–Trinajstić information content (AvgIpc) is 2.18. The topological polar surface area (TPSA) is 32.3 Å². The molecule has 1 amide bonds. The molecule has 0 saturated carbocycles. The number of nitrogens with one attached hydrogen (secondary N) is 1. The maximum absolute atomic E-state index is 11.1. The van der Waals surface area contributed by atoms with E-state index in [9.17, 15) is 4.79 Å². The zero-order valence-electron chi connectivity index (χ0n) is 9.25. The van der Waals surface area contributed by atoms with Crippen LogP contribution in [0.25, 0.3) is 0 Å². The molecule has 82 valence electrons. The lowest BCUT2D eigenvalue weighted by Gasteiger charge is -2.34. The van der Waals surface area contributed by atoms with E-state index in [1.165, 1.54) is 11.8 Å². The van der Waals surface area contributed by atoms with Crippen LogP contribution >= 0.6 is 11.8 Å². The average molecular weight is 216 g/mol. The highest BCUT2D eigenvalue weighted by molar-refractivity contribution is 8.12. The number of likely N-dealkylation sites (tertiary alicyclic amines) is 1. The summed E-state index contributed by atoms with van der Waals surface area (Å²) in [5, 5.41) is 3.13. The van der Waals surface area contributed by atoms with Gasteiger partial charge in [-0.15, -0.1) is 0 Å². The summed E-state index contributed by atoms with van der Waals surface area (Å²) in [7, 11) is 0. The van der Waals surface area contributed by atoms with Crippen molar-refractivity contribution in [1.82, 2.24) is 10.2 Å². The molecule has 4 heteroatoms. The van der Waals surface area contributed by atoms with E-state index in [1.54, 1.807) is 0 Å². The van der Waals surface area contributed by atoms with Crippen LogP contribution in [0.3, 0.4) is 0 Å². The van der Waals surface area contributed by atoms with Crippen molar-refractivity contribution in [2.75, 3.05) is 19.3 Å². The molecule has 0 aromatic heterocycles. The molecule has 1 rings (SSSR count). The molecule has 0 bridgehead atoms. The molecule has 1 heterocycles. The standard InChI is InChI=1S/C10H20N2OS/c1-8(2)12-6-4-9(5-7-12)11-10(13)14-3/h8-9H,4-7H2,1-3H3,(H,11,13). The van der Waals surface area contributed by atoms with Gasteiger partial charge in [0.2, 0.25) is 0 Å². The summed E-state index contributed by atoms with van der Waals surface area (Å²) in [4.78, 5) is 13.6. The second-order valence-corrected chi connectivity index (χ2v) is 4.82. The number of hydrogen-bond acceptors (Lipinski definition) is 3. The lowest BCUT2D eigenvalue weighted by molar-refractivity contribution is 0.164. The van der Waals surface area contributed by atoms with E-state index < -0.39 is 0 Å². The van der Waals surface area contributed by atoms with Crippen LogP contribution in [-0.2, 0) is 0 Å². The van der Waals surface area contributed by atoms with Crippen molar-refractivity contribution in [2.45, 2.75) is 38.8 Å². The molecule has 1 aliphatic heterocycles. The summed E-state index contributed by atoms with van der Waals surface area (Å²) in [6.07, 6.45) is 3.99.